The van der Waals surface area contributed by atoms with Gasteiger partial charge in [-0.1, -0.05) is 23.4 Å². The third-order valence-corrected chi connectivity index (χ3v) is 6.63. The largest absolute Gasteiger partial charge is 0.351 e. The first-order valence-corrected chi connectivity index (χ1v) is 11.4. The second-order valence-electron chi connectivity index (χ2n) is 7.53. The molecule has 166 valence electrons. The molecule has 5 rings (SSSR count). The molecule has 3 heterocycles. The molecule has 33 heavy (non-hydrogen) atoms. The Morgan fingerprint density at radius 3 is 2.64 bits per heavy atom. The molecule has 0 amide bonds. The van der Waals surface area contributed by atoms with Crippen molar-refractivity contribution >= 4 is 34.2 Å². The van der Waals surface area contributed by atoms with Crippen LogP contribution in [0.25, 0.3) is 17.0 Å². The normalized spacial score (nSPS) is 16.3. The topological polar surface area (TPSA) is 54.2 Å². The molecule has 0 saturated heterocycles. The van der Waals surface area contributed by atoms with Gasteiger partial charge in [-0.3, -0.25) is 0 Å². The van der Waals surface area contributed by atoms with E-state index in [2.05, 4.69) is 15.5 Å². The summed E-state index contributed by atoms with van der Waals surface area (Å²) in [4.78, 5) is 7.68. The molecular weight excluding hydrogens is 462 g/mol. The molecule has 2 aromatic heterocycles. The van der Waals surface area contributed by atoms with Gasteiger partial charge in [-0.25, -0.2) is 8.78 Å². The van der Waals surface area contributed by atoms with Gasteiger partial charge in [-0.05, 0) is 72.5 Å². The molecule has 0 saturated carbocycles. The summed E-state index contributed by atoms with van der Waals surface area (Å²) >= 11 is 7.31. The molecule has 0 bridgehead atoms. The van der Waals surface area contributed by atoms with Crippen LogP contribution in [0.5, 0.6) is 0 Å². The maximum atomic E-state index is 14.1. The van der Waals surface area contributed by atoms with E-state index in [1.807, 2.05) is 35.4 Å². The summed E-state index contributed by atoms with van der Waals surface area (Å²) in [5, 5.41) is 9.95. The number of halogens is 2. The van der Waals surface area contributed by atoms with Gasteiger partial charge in [0.1, 0.15) is 11.6 Å². The monoisotopic (exact) mass is 480 g/mol. The molecule has 1 unspecified atom stereocenters. The Balaban J connectivity index is 1.60. The van der Waals surface area contributed by atoms with E-state index in [9.17, 15) is 8.78 Å². The van der Waals surface area contributed by atoms with Gasteiger partial charge in [0, 0.05) is 16.1 Å². The summed E-state index contributed by atoms with van der Waals surface area (Å²) in [5.41, 5.74) is 2.84. The van der Waals surface area contributed by atoms with Crippen LogP contribution in [0.4, 0.5) is 8.78 Å². The molecular formula is C24H18F2N4OS2. The number of hydrogen-bond acceptors (Lipinski definition) is 5. The smallest absolute Gasteiger partial charge is 0.258 e. The molecule has 0 fully saturated rings. The fourth-order valence-electron chi connectivity index (χ4n) is 3.79. The molecule has 0 spiro atoms. The highest BCUT2D eigenvalue weighted by atomic mass is 32.1. The highest BCUT2D eigenvalue weighted by molar-refractivity contribution is 7.80. The average Bonchev–Trinajstić information content (AvgIpc) is 3.49. The Morgan fingerprint density at radius 2 is 1.91 bits per heavy atom. The lowest BCUT2D eigenvalue weighted by Gasteiger charge is -2.37. The van der Waals surface area contributed by atoms with Crippen LogP contribution in [0.15, 0.2) is 76.3 Å². The molecule has 0 radical (unpaired) electrons. The van der Waals surface area contributed by atoms with E-state index >= 15 is 0 Å². The third-order valence-electron chi connectivity index (χ3n) is 5.43. The van der Waals surface area contributed by atoms with Gasteiger partial charge in [-0.15, -0.1) is 11.3 Å². The van der Waals surface area contributed by atoms with E-state index in [-0.39, 0.29) is 17.5 Å². The van der Waals surface area contributed by atoms with Gasteiger partial charge >= 0.3 is 0 Å². The minimum absolute atomic E-state index is 0.285. The summed E-state index contributed by atoms with van der Waals surface area (Å²) in [6, 6.07) is 15.7. The van der Waals surface area contributed by atoms with Crippen LogP contribution in [0.2, 0.25) is 0 Å². The second kappa shape index (κ2) is 8.84. The molecule has 2 aromatic carbocycles. The van der Waals surface area contributed by atoms with Crippen molar-refractivity contribution in [1.29, 1.82) is 0 Å². The summed E-state index contributed by atoms with van der Waals surface area (Å²) in [5.74, 6) is -0.0781. The van der Waals surface area contributed by atoms with E-state index in [4.69, 9.17) is 16.7 Å². The number of nitrogens with zero attached hydrogens (tertiary/aromatic N) is 3. The Bertz CT molecular complexity index is 1330. The molecule has 0 aliphatic carbocycles. The van der Waals surface area contributed by atoms with Crippen molar-refractivity contribution < 1.29 is 13.3 Å². The Labute approximate surface area is 198 Å². The maximum Gasteiger partial charge on any atom is 0.258 e. The van der Waals surface area contributed by atoms with Crippen molar-refractivity contribution in [1.82, 2.24) is 20.4 Å². The first-order valence-electron chi connectivity index (χ1n) is 10.2. The number of thiocarbonyl (C=S) groups is 1. The van der Waals surface area contributed by atoms with E-state index in [1.54, 1.807) is 29.5 Å². The van der Waals surface area contributed by atoms with Crippen LogP contribution in [0, 0.1) is 11.6 Å². The average molecular weight is 481 g/mol. The van der Waals surface area contributed by atoms with Gasteiger partial charge < -0.3 is 14.7 Å². The first-order chi connectivity index (χ1) is 16.0. The lowest BCUT2D eigenvalue weighted by atomic mass is 9.94. The highest BCUT2D eigenvalue weighted by Gasteiger charge is 2.34. The predicted octanol–water partition coefficient (Wildman–Crippen LogP) is 5.94. The van der Waals surface area contributed by atoms with Crippen molar-refractivity contribution in [2.45, 2.75) is 19.5 Å². The summed E-state index contributed by atoms with van der Waals surface area (Å²) in [6.07, 6.45) is 0. The van der Waals surface area contributed by atoms with Gasteiger partial charge in [0.15, 0.2) is 5.11 Å². The van der Waals surface area contributed by atoms with Crippen LogP contribution in [0.3, 0.4) is 0 Å². The van der Waals surface area contributed by atoms with Crippen LogP contribution in [-0.4, -0.2) is 20.2 Å². The van der Waals surface area contributed by atoms with Crippen LogP contribution < -0.4 is 5.32 Å². The van der Waals surface area contributed by atoms with Crippen LogP contribution in [0.1, 0.15) is 29.3 Å². The third kappa shape index (κ3) is 4.29. The summed E-state index contributed by atoms with van der Waals surface area (Å²) in [7, 11) is 0. The lowest BCUT2D eigenvalue weighted by molar-refractivity contribution is 0.396. The number of benzene rings is 2. The minimum atomic E-state index is -0.477. The molecule has 5 nitrogen and oxygen atoms in total. The SMILES string of the molecule is CC1=C(c2nc(-c3ccc(F)cc3)no2)C(c2cccc(F)c2)NC(=S)N1Cc1cccs1. The number of aromatic nitrogens is 2. The second-order valence-corrected chi connectivity index (χ2v) is 8.95. The fraction of sp³-hybridized carbons (Fsp3) is 0.125. The van der Waals surface area contributed by atoms with Crippen molar-refractivity contribution in [3.8, 4) is 11.4 Å². The lowest BCUT2D eigenvalue weighted by Crippen LogP contribution is -2.45. The zero-order chi connectivity index (χ0) is 22.9. The fourth-order valence-corrected chi connectivity index (χ4v) is 4.80. The van der Waals surface area contributed by atoms with E-state index in [1.165, 1.54) is 24.3 Å². The molecule has 1 aliphatic heterocycles. The zero-order valence-corrected chi connectivity index (χ0v) is 19.1. The quantitative estimate of drug-likeness (QED) is 0.357. The first kappa shape index (κ1) is 21.4. The number of nitrogens with one attached hydrogen (secondary N) is 1. The van der Waals surface area contributed by atoms with Crippen molar-refractivity contribution in [2.24, 2.45) is 0 Å². The molecule has 1 atom stereocenters. The molecule has 4 aromatic rings. The summed E-state index contributed by atoms with van der Waals surface area (Å²) < 4.78 is 33.0. The van der Waals surface area contributed by atoms with Gasteiger partial charge in [0.25, 0.3) is 5.89 Å². The Hall–Kier alpha value is -3.43. The molecule has 1 N–H and O–H groups in total. The van der Waals surface area contributed by atoms with Crippen molar-refractivity contribution in [3.63, 3.8) is 0 Å². The highest BCUT2D eigenvalue weighted by Crippen LogP contribution is 2.38. The number of allylic oxidation sites excluding steroid dienone is 1. The van der Waals surface area contributed by atoms with Gasteiger partial charge in [0.2, 0.25) is 5.82 Å². The number of hydrogen-bond donors (Lipinski definition) is 1. The maximum absolute atomic E-state index is 14.1. The van der Waals surface area contributed by atoms with Gasteiger partial charge in [-0.2, -0.15) is 4.98 Å². The van der Waals surface area contributed by atoms with Crippen molar-refractivity contribution in [3.05, 3.63) is 99.7 Å². The minimum Gasteiger partial charge on any atom is -0.351 e. The van der Waals surface area contributed by atoms with Gasteiger partial charge in [0.05, 0.1) is 18.2 Å². The van der Waals surface area contributed by atoms with E-state index in [0.29, 0.717) is 34.2 Å². The predicted molar refractivity (Wildman–Crippen MR) is 127 cm³/mol. The molecule has 1 aliphatic rings. The number of thiophene rings is 1. The van der Waals surface area contributed by atoms with Crippen LogP contribution in [-0.2, 0) is 6.54 Å². The van der Waals surface area contributed by atoms with Crippen LogP contribution >= 0.6 is 23.6 Å². The number of rotatable bonds is 5. The Kier molecular flexibility index (Phi) is 5.74. The Morgan fingerprint density at radius 1 is 1.09 bits per heavy atom. The van der Waals surface area contributed by atoms with Crippen molar-refractivity contribution in [2.75, 3.05) is 0 Å². The zero-order valence-electron chi connectivity index (χ0n) is 17.5. The van der Waals surface area contributed by atoms with E-state index < -0.39 is 6.04 Å². The molecule has 9 heteroatoms. The standard InChI is InChI=1S/C24H18F2N4OS2/c1-14-20(23-28-22(29-31-23)15-7-9-17(25)10-8-15)21(16-4-2-5-18(26)12-16)27-24(32)30(14)13-19-6-3-11-33-19/h2-12,21H,13H2,1H3,(H,27,32). The van der Waals surface area contributed by atoms with E-state index in [0.717, 1.165) is 10.6 Å². The summed E-state index contributed by atoms with van der Waals surface area (Å²) in [6.45, 7) is 2.51.